The molecule has 0 heterocycles. The number of carbonyl (C=O) groups excluding carboxylic acids is 1. The van der Waals surface area contributed by atoms with E-state index in [0.29, 0.717) is 12.3 Å². The molecule has 3 nitrogen and oxygen atoms in total. The molecule has 0 saturated heterocycles. The number of nitrogens with one attached hydrogen (secondary N) is 1. The molecule has 1 aromatic carbocycles. The number of ether oxygens (including phenoxy) is 1. The molecular weight excluding hydrogens is 238 g/mol. The molecule has 19 heavy (non-hydrogen) atoms. The monoisotopic (exact) mass is 263 g/mol. The van der Waals surface area contributed by atoms with Crippen LogP contribution in [-0.4, -0.2) is 19.6 Å². The fraction of sp³-hybridized carbons (Fsp3) is 0.562. The summed E-state index contributed by atoms with van der Waals surface area (Å²) in [6, 6.07) is 8.51. The molecule has 1 atom stereocenters. The first kappa shape index (κ1) is 15.7. The van der Waals surface area contributed by atoms with E-state index in [9.17, 15) is 4.79 Å². The van der Waals surface area contributed by atoms with E-state index >= 15 is 0 Å². The Hall–Kier alpha value is -1.35. The molecule has 1 aromatic rings. The van der Waals surface area contributed by atoms with Gasteiger partial charge in [-0.2, -0.15) is 0 Å². The van der Waals surface area contributed by atoms with Gasteiger partial charge in [0.05, 0.1) is 13.5 Å². The van der Waals surface area contributed by atoms with Crippen LogP contribution >= 0.6 is 0 Å². The molecule has 0 saturated carbocycles. The van der Waals surface area contributed by atoms with E-state index in [1.807, 2.05) is 0 Å². The highest BCUT2D eigenvalue weighted by Gasteiger charge is 2.15. The molecule has 1 rings (SSSR count). The van der Waals surface area contributed by atoms with Crippen LogP contribution in [0.3, 0.4) is 0 Å². The average Bonchev–Trinajstić information content (AvgIpc) is 2.43. The summed E-state index contributed by atoms with van der Waals surface area (Å²) >= 11 is 0. The molecule has 0 fully saturated rings. The van der Waals surface area contributed by atoms with Crippen molar-refractivity contribution >= 4 is 5.97 Å². The molecule has 0 aliphatic rings. The van der Waals surface area contributed by atoms with Crippen molar-refractivity contribution in [3.05, 3.63) is 35.4 Å². The summed E-state index contributed by atoms with van der Waals surface area (Å²) in [4.78, 5) is 11.5. The van der Waals surface area contributed by atoms with Gasteiger partial charge in [-0.3, -0.25) is 4.79 Å². The van der Waals surface area contributed by atoms with Crippen molar-refractivity contribution in [2.24, 2.45) is 0 Å². The van der Waals surface area contributed by atoms with Crippen molar-refractivity contribution in [2.75, 3.05) is 13.7 Å². The van der Waals surface area contributed by atoms with E-state index in [-0.39, 0.29) is 12.0 Å². The first-order valence-corrected chi connectivity index (χ1v) is 6.98. The molecule has 0 aromatic heterocycles. The lowest BCUT2D eigenvalue weighted by atomic mass is 9.97. The summed E-state index contributed by atoms with van der Waals surface area (Å²) in [6.45, 7) is 7.37. The van der Waals surface area contributed by atoms with Crippen molar-refractivity contribution < 1.29 is 9.53 Å². The Labute approximate surface area is 116 Å². The minimum absolute atomic E-state index is 0.0358. The van der Waals surface area contributed by atoms with Gasteiger partial charge in [-0.25, -0.2) is 0 Å². The van der Waals surface area contributed by atoms with E-state index in [0.717, 1.165) is 18.5 Å². The number of carbonyl (C=O) groups is 1. The van der Waals surface area contributed by atoms with Crippen LogP contribution in [0.25, 0.3) is 0 Å². The van der Waals surface area contributed by atoms with Gasteiger partial charge in [-0.05, 0) is 30.0 Å². The van der Waals surface area contributed by atoms with Crippen molar-refractivity contribution in [3.8, 4) is 0 Å². The molecule has 0 aliphatic heterocycles. The van der Waals surface area contributed by atoms with Crippen LogP contribution in [0.15, 0.2) is 24.3 Å². The average molecular weight is 263 g/mol. The molecular formula is C16H25NO2. The summed E-state index contributed by atoms with van der Waals surface area (Å²) < 4.78 is 4.77. The fourth-order valence-electron chi connectivity index (χ4n) is 1.99. The Morgan fingerprint density at radius 1 is 1.21 bits per heavy atom. The molecule has 0 radical (unpaired) electrons. The molecule has 3 heteroatoms. The van der Waals surface area contributed by atoms with Crippen LogP contribution in [0.2, 0.25) is 0 Å². The Kier molecular flexibility index (Phi) is 6.57. The highest BCUT2D eigenvalue weighted by atomic mass is 16.5. The largest absolute Gasteiger partial charge is 0.469 e. The summed E-state index contributed by atoms with van der Waals surface area (Å²) in [5.41, 5.74) is 2.46. The third-order valence-corrected chi connectivity index (χ3v) is 3.24. The Morgan fingerprint density at radius 3 is 2.26 bits per heavy atom. The predicted octanol–water partition coefficient (Wildman–Crippen LogP) is 3.41. The smallest absolute Gasteiger partial charge is 0.307 e. The number of rotatable bonds is 7. The zero-order valence-corrected chi connectivity index (χ0v) is 12.4. The van der Waals surface area contributed by atoms with Gasteiger partial charge in [-0.15, -0.1) is 0 Å². The van der Waals surface area contributed by atoms with E-state index in [4.69, 9.17) is 4.74 Å². The second-order valence-electron chi connectivity index (χ2n) is 5.11. The highest BCUT2D eigenvalue weighted by Crippen LogP contribution is 2.21. The van der Waals surface area contributed by atoms with E-state index in [1.165, 1.54) is 12.7 Å². The minimum atomic E-state index is -0.179. The quantitative estimate of drug-likeness (QED) is 0.766. The molecule has 0 spiro atoms. The van der Waals surface area contributed by atoms with Gasteiger partial charge in [0, 0.05) is 6.04 Å². The van der Waals surface area contributed by atoms with Crippen LogP contribution < -0.4 is 5.32 Å². The molecule has 0 bridgehead atoms. The number of hydrogen-bond acceptors (Lipinski definition) is 3. The molecule has 0 aliphatic carbocycles. The Balaban J connectivity index is 2.80. The van der Waals surface area contributed by atoms with Crippen LogP contribution in [-0.2, 0) is 9.53 Å². The summed E-state index contributed by atoms with van der Waals surface area (Å²) in [5, 5.41) is 3.40. The lowest BCUT2D eigenvalue weighted by Gasteiger charge is -2.18. The predicted molar refractivity (Wildman–Crippen MR) is 78.2 cm³/mol. The van der Waals surface area contributed by atoms with Crippen molar-refractivity contribution in [2.45, 2.75) is 45.6 Å². The van der Waals surface area contributed by atoms with E-state index in [2.05, 4.69) is 50.4 Å². The van der Waals surface area contributed by atoms with E-state index in [1.54, 1.807) is 0 Å². The normalized spacial score (nSPS) is 12.5. The second-order valence-corrected chi connectivity index (χ2v) is 5.11. The zero-order chi connectivity index (χ0) is 14.3. The van der Waals surface area contributed by atoms with Crippen molar-refractivity contribution in [1.29, 1.82) is 0 Å². The van der Waals surface area contributed by atoms with Crippen molar-refractivity contribution in [3.63, 3.8) is 0 Å². The lowest BCUT2D eigenvalue weighted by Crippen LogP contribution is -2.25. The third-order valence-electron chi connectivity index (χ3n) is 3.24. The fourth-order valence-corrected chi connectivity index (χ4v) is 1.99. The summed E-state index contributed by atoms with van der Waals surface area (Å²) in [6.07, 6.45) is 1.42. The number of benzene rings is 1. The van der Waals surface area contributed by atoms with Crippen molar-refractivity contribution in [1.82, 2.24) is 5.32 Å². The summed E-state index contributed by atoms with van der Waals surface area (Å²) in [7, 11) is 1.43. The highest BCUT2D eigenvalue weighted by molar-refractivity contribution is 5.70. The number of esters is 1. The molecule has 1 N–H and O–H groups in total. The Morgan fingerprint density at radius 2 is 1.79 bits per heavy atom. The zero-order valence-electron chi connectivity index (χ0n) is 12.4. The first-order chi connectivity index (χ1) is 9.08. The maximum atomic E-state index is 11.5. The third kappa shape index (κ3) is 5.03. The lowest BCUT2D eigenvalue weighted by molar-refractivity contribution is -0.141. The van der Waals surface area contributed by atoms with Gasteiger partial charge in [0.15, 0.2) is 0 Å². The standard InChI is InChI=1S/C16H25NO2/c1-5-10-17-15(11-16(18)19-4)14-8-6-13(7-9-14)12(2)3/h6-9,12,15,17H,5,10-11H2,1-4H3. The van der Waals surface area contributed by atoms with Crippen LogP contribution in [0.4, 0.5) is 0 Å². The van der Waals surface area contributed by atoms with Gasteiger partial charge in [0.2, 0.25) is 0 Å². The van der Waals surface area contributed by atoms with Gasteiger partial charge in [0.1, 0.15) is 0 Å². The number of hydrogen-bond donors (Lipinski definition) is 1. The number of methoxy groups -OCH3 is 1. The van der Waals surface area contributed by atoms with Crippen LogP contribution in [0, 0.1) is 0 Å². The van der Waals surface area contributed by atoms with Gasteiger partial charge in [0.25, 0.3) is 0 Å². The van der Waals surface area contributed by atoms with E-state index < -0.39 is 0 Å². The molecule has 106 valence electrons. The molecule has 1 unspecified atom stereocenters. The van der Waals surface area contributed by atoms with Crippen LogP contribution in [0.5, 0.6) is 0 Å². The topological polar surface area (TPSA) is 38.3 Å². The second kappa shape index (κ2) is 7.95. The maximum absolute atomic E-state index is 11.5. The van der Waals surface area contributed by atoms with Crippen LogP contribution in [0.1, 0.15) is 56.7 Å². The Bertz CT molecular complexity index is 384. The molecule has 0 amide bonds. The SMILES string of the molecule is CCCNC(CC(=O)OC)c1ccc(C(C)C)cc1. The minimum Gasteiger partial charge on any atom is -0.469 e. The van der Waals surface area contributed by atoms with Gasteiger partial charge in [-0.1, -0.05) is 45.0 Å². The summed E-state index contributed by atoms with van der Waals surface area (Å²) in [5.74, 6) is 0.346. The van der Waals surface area contributed by atoms with Gasteiger partial charge >= 0.3 is 5.97 Å². The first-order valence-electron chi connectivity index (χ1n) is 6.98. The maximum Gasteiger partial charge on any atom is 0.307 e. The van der Waals surface area contributed by atoms with Gasteiger partial charge < -0.3 is 10.1 Å².